The van der Waals surface area contributed by atoms with Gasteiger partial charge in [0, 0.05) is 45.7 Å². The summed E-state index contributed by atoms with van der Waals surface area (Å²) in [6.45, 7) is 11.6. The number of aromatic nitrogens is 4. The molecule has 0 spiro atoms. The Morgan fingerprint density at radius 3 is 0.871 bits per heavy atom. The molecule has 9 nitrogen and oxygen atoms in total. The summed E-state index contributed by atoms with van der Waals surface area (Å²) in [4.78, 5) is 59.6. The number of thiophene rings is 4. The van der Waals surface area contributed by atoms with Crippen LogP contribution in [-0.4, -0.2) is 30.2 Å². The molecule has 0 bridgehead atoms. The summed E-state index contributed by atoms with van der Waals surface area (Å²) in [6, 6.07) is 23.9. The molecule has 0 fully saturated rings. The third-order valence-electron chi connectivity index (χ3n) is 14.9. The number of halogens is 5. The minimum atomic E-state index is -0.750. The van der Waals surface area contributed by atoms with Gasteiger partial charge in [-0.05, 0) is 129 Å². The quantitative estimate of drug-likeness (QED) is 0.0196. The van der Waals surface area contributed by atoms with Crippen LogP contribution in [0.15, 0.2) is 115 Å². The zero-order valence-electron chi connectivity index (χ0n) is 49.9. The van der Waals surface area contributed by atoms with E-state index < -0.39 is 4.30 Å². The van der Waals surface area contributed by atoms with E-state index >= 15 is 0 Å². The normalized spacial score (nSPS) is 11.2. The van der Waals surface area contributed by atoms with Crippen LogP contribution in [0.5, 0.6) is 0 Å². The first-order chi connectivity index (χ1) is 41.2. The van der Waals surface area contributed by atoms with E-state index in [1.807, 2.05) is 102 Å². The van der Waals surface area contributed by atoms with Crippen molar-refractivity contribution in [3.63, 3.8) is 0 Å². The summed E-state index contributed by atoms with van der Waals surface area (Å²) in [6.07, 6.45) is 28.0. The molecule has 20 heteroatoms. The summed E-state index contributed by atoms with van der Waals surface area (Å²) in [5.41, 5.74) is 6.43. The average molecular weight is 1440 g/mol. The third-order valence-corrected chi connectivity index (χ3v) is 20.0. The SMILES string of the molecule is CCCCCCCCn1c(=O)c(-c2ccc(Br)s2)cc2c1cc(-c1ccc(Br)s1)c(=O)n2CCCCCCCC.CCCCCCCCn1c(=O)c(-c2cccs2)cc2c1cc(-c1cccs1)c(=O)n2CCCCCCCC.ClC(Cl)Cl.[B]=NS. The Kier molecular flexibility index (Phi) is 34.9. The Morgan fingerprint density at radius 2 is 0.659 bits per heavy atom. The van der Waals surface area contributed by atoms with Crippen LogP contribution in [0.2, 0.25) is 0 Å². The first kappa shape index (κ1) is 72.9. The zero-order valence-corrected chi connectivity index (χ0v) is 59.5. The Hall–Kier alpha value is -2.84. The topological polar surface area (TPSA) is 100 Å². The summed E-state index contributed by atoms with van der Waals surface area (Å²) >= 11 is 31.0. The molecule has 0 saturated heterocycles. The monoisotopic (exact) mass is 1430 g/mol. The van der Waals surface area contributed by atoms with E-state index in [1.54, 1.807) is 45.3 Å². The van der Waals surface area contributed by atoms with Crippen LogP contribution < -0.4 is 22.2 Å². The van der Waals surface area contributed by atoms with Crippen molar-refractivity contribution >= 4 is 155 Å². The van der Waals surface area contributed by atoms with Crippen molar-refractivity contribution in [3.05, 3.63) is 133 Å². The molecule has 0 aliphatic heterocycles. The van der Waals surface area contributed by atoms with Gasteiger partial charge in [0.15, 0.2) is 4.30 Å². The molecule has 461 valence electrons. The summed E-state index contributed by atoms with van der Waals surface area (Å²) in [5, 5.41) is 4.03. The number of thiol groups is 1. The van der Waals surface area contributed by atoms with Crippen LogP contribution >= 0.6 is 125 Å². The molecular weight excluding hydrogens is 1350 g/mol. The van der Waals surface area contributed by atoms with Gasteiger partial charge in [-0.2, -0.15) is 0 Å². The molecule has 8 rings (SSSR count). The van der Waals surface area contributed by atoms with Crippen LogP contribution in [0.1, 0.15) is 182 Å². The standard InChI is InChI=1S/C32H40Br2N2O2S2.C32H42N2O2S2.CHCl3.BHNS/c1-3-5-7-9-11-13-19-35-25-21-24(28-16-18-30(34)40-28)32(38)36(20-14-12-10-8-6-4-2)26(25)22-23(31(35)37)27-15-17-29(33)39-27;1-3-5-7-9-11-13-19-33-27-23-26(30-18-16-22-38-30)32(36)34(20-14-12-10-8-6-4-2)28(27)24-25(31(33)35)29-17-15-21-37-29;2-1(3)4;1-2-3/h15-18,21-22H,3-14,19-20H2,1-2H3;15-18,21-24H,3-14,19-20H2,1-2H3;1H;3H. The molecule has 8 heterocycles. The molecule has 0 amide bonds. The van der Waals surface area contributed by atoms with Crippen LogP contribution in [-0.2, 0) is 26.2 Å². The van der Waals surface area contributed by atoms with E-state index in [0.29, 0.717) is 48.4 Å². The van der Waals surface area contributed by atoms with Crippen molar-refractivity contribution in [2.24, 2.45) is 4.30 Å². The zero-order chi connectivity index (χ0) is 61.5. The molecule has 0 aliphatic rings. The van der Waals surface area contributed by atoms with Gasteiger partial charge in [0.1, 0.15) is 0 Å². The Bertz CT molecular complexity index is 3260. The second-order valence-corrected chi connectivity index (χ2v) is 30.2. The van der Waals surface area contributed by atoms with Gasteiger partial charge in [-0.1, -0.05) is 203 Å². The van der Waals surface area contributed by atoms with Crippen LogP contribution in [0.25, 0.3) is 63.8 Å². The average Bonchev–Trinajstić information content (AvgIpc) is 2.11. The van der Waals surface area contributed by atoms with Crippen molar-refractivity contribution < 1.29 is 0 Å². The van der Waals surface area contributed by atoms with Gasteiger partial charge >= 0.3 is 24.8 Å². The van der Waals surface area contributed by atoms with Crippen LogP contribution in [0.4, 0.5) is 0 Å². The number of unbranched alkanes of at least 4 members (excludes halogenated alkanes) is 20. The summed E-state index contributed by atoms with van der Waals surface area (Å²) < 4.78 is 11.7. The van der Waals surface area contributed by atoms with E-state index in [0.717, 1.165) is 101 Å². The first-order valence-electron chi connectivity index (χ1n) is 30.4. The van der Waals surface area contributed by atoms with E-state index in [4.69, 9.17) is 34.8 Å². The number of fused-ring (bicyclic) bond motifs is 2. The fourth-order valence-corrected chi connectivity index (χ4v) is 14.8. The van der Waals surface area contributed by atoms with Crippen molar-refractivity contribution in [1.82, 2.24) is 18.3 Å². The van der Waals surface area contributed by atoms with E-state index in [2.05, 4.69) is 84.3 Å². The molecule has 0 atom stereocenters. The van der Waals surface area contributed by atoms with Crippen molar-refractivity contribution in [3.8, 4) is 41.8 Å². The van der Waals surface area contributed by atoms with Gasteiger partial charge < -0.3 is 18.3 Å². The molecule has 1 radical (unpaired) electrons. The van der Waals surface area contributed by atoms with Crippen LogP contribution in [0.3, 0.4) is 0 Å². The molecule has 8 aromatic heterocycles. The summed E-state index contributed by atoms with van der Waals surface area (Å²) in [7, 11) is 4.34. The molecular formula is C65H84BBr2Cl3N5O4S5. The van der Waals surface area contributed by atoms with Crippen molar-refractivity contribution in [2.45, 2.75) is 212 Å². The van der Waals surface area contributed by atoms with Crippen molar-refractivity contribution in [1.29, 1.82) is 0 Å². The number of rotatable bonds is 32. The molecule has 0 unspecified atom stereocenters. The fraction of sp³-hybridized carbons (Fsp3) is 0.508. The van der Waals surface area contributed by atoms with Gasteiger partial charge in [-0.3, -0.25) is 19.2 Å². The number of aryl methyl sites for hydroxylation is 4. The van der Waals surface area contributed by atoms with Gasteiger partial charge in [0.05, 0.1) is 51.9 Å². The maximum absolute atomic E-state index is 14.0. The molecule has 85 heavy (non-hydrogen) atoms. The van der Waals surface area contributed by atoms with Gasteiger partial charge in [0.25, 0.3) is 22.2 Å². The fourth-order valence-electron chi connectivity index (χ4n) is 10.6. The third kappa shape index (κ3) is 22.9. The Labute approximate surface area is 558 Å². The molecule has 0 aromatic carbocycles. The van der Waals surface area contributed by atoms with E-state index in [9.17, 15) is 19.2 Å². The second kappa shape index (κ2) is 40.7. The number of hydrogen-bond donors (Lipinski definition) is 1. The van der Waals surface area contributed by atoms with Crippen LogP contribution in [0, 0.1) is 0 Å². The second-order valence-electron chi connectivity index (χ2n) is 21.2. The number of alkyl halides is 3. The van der Waals surface area contributed by atoms with Gasteiger partial charge in [0.2, 0.25) is 0 Å². The Morgan fingerprint density at radius 1 is 0.424 bits per heavy atom. The minimum absolute atomic E-state index is 0.0264. The van der Waals surface area contributed by atoms with Gasteiger partial charge in [-0.25, -0.2) is 0 Å². The van der Waals surface area contributed by atoms with Gasteiger partial charge in [-0.15, -0.1) is 45.3 Å². The summed E-state index contributed by atoms with van der Waals surface area (Å²) in [5.74, 6) is 0. The van der Waals surface area contributed by atoms with Crippen molar-refractivity contribution in [2.75, 3.05) is 0 Å². The number of pyridine rings is 4. The van der Waals surface area contributed by atoms with E-state index in [1.165, 1.54) is 103 Å². The molecule has 8 aromatic rings. The molecule has 0 aliphatic carbocycles. The van der Waals surface area contributed by atoms with E-state index in [-0.39, 0.29) is 22.2 Å². The molecule has 0 N–H and O–H groups in total. The predicted molar refractivity (Wildman–Crippen MR) is 386 cm³/mol. The first-order valence-corrected chi connectivity index (χ1v) is 37.1. The number of nitrogens with zero attached hydrogens (tertiary/aromatic N) is 5. The molecule has 0 saturated carbocycles. The predicted octanol–water partition coefficient (Wildman–Crippen LogP) is 22.4. The maximum atomic E-state index is 14.0. The Balaban J connectivity index is 0.000000280. The number of hydrogen-bond acceptors (Lipinski definition) is 10.